The first kappa shape index (κ1) is 22.3. The van der Waals surface area contributed by atoms with Gasteiger partial charge in [0.15, 0.2) is 6.61 Å². The summed E-state index contributed by atoms with van der Waals surface area (Å²) < 4.78 is 5.27. The van der Waals surface area contributed by atoms with E-state index in [2.05, 4.69) is 11.4 Å². The molecule has 0 fully saturated rings. The van der Waals surface area contributed by atoms with E-state index in [0.29, 0.717) is 5.69 Å². The molecule has 0 heterocycles. The molecule has 168 valence electrons. The third kappa shape index (κ3) is 5.12. The van der Waals surface area contributed by atoms with E-state index in [4.69, 9.17) is 4.74 Å². The number of anilines is 1. The Labute approximate surface area is 193 Å². The van der Waals surface area contributed by atoms with Gasteiger partial charge in [0, 0.05) is 12.7 Å². The van der Waals surface area contributed by atoms with E-state index in [0.717, 1.165) is 24.8 Å². The maximum atomic E-state index is 13.0. The number of carbonyl (C=O) groups is 3. The predicted octanol–water partition coefficient (Wildman–Crippen LogP) is 4.31. The van der Waals surface area contributed by atoms with Gasteiger partial charge in [-0.2, -0.15) is 0 Å². The smallest absolute Gasteiger partial charge is 0.339 e. The van der Waals surface area contributed by atoms with Crippen molar-refractivity contribution in [3.8, 4) is 0 Å². The molecule has 1 atom stereocenters. The number of nitrogens with one attached hydrogen (secondary N) is 1. The molecule has 2 amide bonds. The van der Waals surface area contributed by atoms with Crippen LogP contribution < -0.4 is 10.2 Å². The molecule has 0 saturated carbocycles. The molecule has 0 aliphatic heterocycles. The zero-order valence-electron chi connectivity index (χ0n) is 18.5. The summed E-state index contributed by atoms with van der Waals surface area (Å²) in [5.74, 6) is -1.41. The van der Waals surface area contributed by atoms with Crippen molar-refractivity contribution in [2.24, 2.45) is 0 Å². The topological polar surface area (TPSA) is 75.7 Å². The SMILES string of the molecule is CN(C(=O)c1ccccc1C(=O)OCC(=O)NC1CCCc2ccccc21)c1ccccc1. The van der Waals surface area contributed by atoms with Crippen LogP contribution in [-0.4, -0.2) is 31.4 Å². The summed E-state index contributed by atoms with van der Waals surface area (Å²) in [6.07, 6.45) is 2.84. The number of amides is 2. The zero-order valence-corrected chi connectivity index (χ0v) is 18.5. The fourth-order valence-corrected chi connectivity index (χ4v) is 4.15. The molecule has 1 aliphatic rings. The molecule has 0 bridgehead atoms. The van der Waals surface area contributed by atoms with Crippen LogP contribution in [0.1, 0.15) is 50.7 Å². The van der Waals surface area contributed by atoms with Gasteiger partial charge in [-0.3, -0.25) is 9.59 Å². The highest BCUT2D eigenvalue weighted by Crippen LogP contribution is 2.29. The van der Waals surface area contributed by atoms with Gasteiger partial charge in [0.25, 0.3) is 11.8 Å². The molecule has 3 aromatic carbocycles. The Morgan fingerprint density at radius 1 is 0.909 bits per heavy atom. The minimum absolute atomic E-state index is 0.0884. The van der Waals surface area contributed by atoms with Crippen LogP contribution in [0.5, 0.6) is 0 Å². The average molecular weight is 443 g/mol. The number of carbonyl (C=O) groups excluding carboxylic acids is 3. The summed E-state index contributed by atoms with van der Waals surface area (Å²) in [7, 11) is 1.65. The molecule has 4 rings (SSSR count). The quantitative estimate of drug-likeness (QED) is 0.577. The standard InChI is InChI=1S/C27H26N2O4/c1-29(20-12-3-2-4-13-20)26(31)22-15-7-8-16-23(22)27(32)33-18-25(30)28-24-17-9-11-19-10-5-6-14-21(19)24/h2-8,10,12-16,24H,9,11,17-18H2,1H3,(H,28,30). The van der Waals surface area contributed by atoms with Gasteiger partial charge in [0.2, 0.25) is 0 Å². The Morgan fingerprint density at radius 2 is 1.58 bits per heavy atom. The molecule has 1 aliphatic carbocycles. The summed E-state index contributed by atoms with van der Waals surface area (Å²) >= 11 is 0. The van der Waals surface area contributed by atoms with Crippen molar-refractivity contribution in [1.82, 2.24) is 5.32 Å². The second kappa shape index (κ2) is 10.1. The molecule has 33 heavy (non-hydrogen) atoms. The average Bonchev–Trinajstić information content (AvgIpc) is 2.87. The Bertz CT molecular complexity index is 1160. The maximum absolute atomic E-state index is 13.0. The number of esters is 1. The van der Waals surface area contributed by atoms with Gasteiger partial charge < -0.3 is 15.0 Å². The summed E-state index contributed by atoms with van der Waals surface area (Å²) in [5, 5.41) is 2.97. The van der Waals surface area contributed by atoms with Crippen molar-refractivity contribution in [1.29, 1.82) is 0 Å². The minimum atomic E-state index is -0.709. The number of rotatable bonds is 6. The summed E-state index contributed by atoms with van der Waals surface area (Å²) in [6.45, 7) is -0.408. The number of hydrogen-bond donors (Lipinski definition) is 1. The lowest BCUT2D eigenvalue weighted by atomic mass is 9.88. The monoisotopic (exact) mass is 442 g/mol. The van der Waals surface area contributed by atoms with Gasteiger partial charge >= 0.3 is 5.97 Å². The Hall–Kier alpha value is -3.93. The number of nitrogens with zero attached hydrogens (tertiary/aromatic N) is 1. The van der Waals surface area contributed by atoms with E-state index >= 15 is 0 Å². The molecule has 0 saturated heterocycles. The highest BCUT2D eigenvalue weighted by Gasteiger charge is 2.24. The first-order valence-corrected chi connectivity index (χ1v) is 11.0. The first-order valence-electron chi connectivity index (χ1n) is 11.0. The van der Waals surface area contributed by atoms with Crippen molar-refractivity contribution in [3.63, 3.8) is 0 Å². The van der Waals surface area contributed by atoms with Crippen LogP contribution in [0.3, 0.4) is 0 Å². The third-order valence-electron chi connectivity index (χ3n) is 5.86. The third-order valence-corrected chi connectivity index (χ3v) is 5.86. The van der Waals surface area contributed by atoms with E-state index in [1.165, 1.54) is 16.5 Å². The molecular formula is C27H26N2O4. The lowest BCUT2D eigenvalue weighted by Gasteiger charge is -2.26. The Kier molecular flexibility index (Phi) is 6.83. The van der Waals surface area contributed by atoms with Crippen LogP contribution in [-0.2, 0) is 16.0 Å². The van der Waals surface area contributed by atoms with Crippen molar-refractivity contribution in [3.05, 3.63) is 101 Å². The predicted molar refractivity (Wildman–Crippen MR) is 126 cm³/mol. The van der Waals surface area contributed by atoms with Gasteiger partial charge in [-0.05, 0) is 54.7 Å². The summed E-state index contributed by atoms with van der Waals surface area (Å²) in [4.78, 5) is 39.8. The molecule has 6 nitrogen and oxygen atoms in total. The molecular weight excluding hydrogens is 416 g/mol. The fourth-order valence-electron chi connectivity index (χ4n) is 4.15. The van der Waals surface area contributed by atoms with Gasteiger partial charge in [-0.25, -0.2) is 4.79 Å². The van der Waals surface area contributed by atoms with Gasteiger partial charge in [-0.15, -0.1) is 0 Å². The summed E-state index contributed by atoms with van der Waals surface area (Å²) in [6, 6.07) is 23.6. The van der Waals surface area contributed by atoms with Crippen molar-refractivity contribution in [2.75, 3.05) is 18.6 Å². The van der Waals surface area contributed by atoms with Crippen LogP contribution in [0, 0.1) is 0 Å². The van der Waals surface area contributed by atoms with E-state index in [1.54, 1.807) is 25.2 Å². The molecule has 0 aromatic heterocycles. The maximum Gasteiger partial charge on any atom is 0.339 e. The van der Waals surface area contributed by atoms with Crippen LogP contribution in [0.4, 0.5) is 5.69 Å². The van der Waals surface area contributed by atoms with Crippen LogP contribution in [0.15, 0.2) is 78.9 Å². The number of para-hydroxylation sites is 1. The number of ether oxygens (including phenoxy) is 1. The second-order valence-corrected chi connectivity index (χ2v) is 8.03. The van der Waals surface area contributed by atoms with Crippen LogP contribution in [0.2, 0.25) is 0 Å². The van der Waals surface area contributed by atoms with Crippen LogP contribution >= 0.6 is 0 Å². The normalized spacial score (nSPS) is 14.6. The number of benzene rings is 3. The molecule has 1 unspecified atom stereocenters. The largest absolute Gasteiger partial charge is 0.452 e. The second-order valence-electron chi connectivity index (χ2n) is 8.03. The highest BCUT2D eigenvalue weighted by atomic mass is 16.5. The zero-order chi connectivity index (χ0) is 23.2. The molecule has 0 radical (unpaired) electrons. The lowest BCUT2D eigenvalue weighted by Crippen LogP contribution is -2.34. The number of aryl methyl sites for hydroxylation is 1. The fraction of sp³-hybridized carbons (Fsp3) is 0.222. The van der Waals surface area contributed by atoms with E-state index in [-0.39, 0.29) is 29.0 Å². The van der Waals surface area contributed by atoms with Gasteiger partial charge in [0.1, 0.15) is 0 Å². The lowest BCUT2D eigenvalue weighted by molar-refractivity contribution is -0.125. The van der Waals surface area contributed by atoms with E-state index in [9.17, 15) is 14.4 Å². The molecule has 0 spiro atoms. The van der Waals surface area contributed by atoms with Gasteiger partial charge in [0.05, 0.1) is 17.2 Å². The number of fused-ring (bicyclic) bond motifs is 1. The first-order chi connectivity index (χ1) is 16.0. The highest BCUT2D eigenvalue weighted by molar-refractivity contribution is 6.12. The Balaban J connectivity index is 1.40. The summed E-state index contributed by atoms with van der Waals surface area (Å²) in [5.41, 5.74) is 3.40. The molecule has 3 aromatic rings. The van der Waals surface area contributed by atoms with Crippen molar-refractivity contribution in [2.45, 2.75) is 25.3 Å². The van der Waals surface area contributed by atoms with Crippen LogP contribution in [0.25, 0.3) is 0 Å². The van der Waals surface area contributed by atoms with E-state index < -0.39 is 12.6 Å². The van der Waals surface area contributed by atoms with Crippen molar-refractivity contribution >= 4 is 23.5 Å². The number of hydrogen-bond acceptors (Lipinski definition) is 4. The minimum Gasteiger partial charge on any atom is -0.452 e. The molecule has 6 heteroatoms. The van der Waals surface area contributed by atoms with E-state index in [1.807, 2.05) is 48.5 Å². The Morgan fingerprint density at radius 3 is 2.36 bits per heavy atom. The van der Waals surface area contributed by atoms with Gasteiger partial charge in [-0.1, -0.05) is 54.6 Å². The molecule has 1 N–H and O–H groups in total. The van der Waals surface area contributed by atoms with Crippen molar-refractivity contribution < 1.29 is 19.1 Å².